The minimum absolute atomic E-state index is 0.00544. The van der Waals surface area contributed by atoms with Crippen LogP contribution in [0.2, 0.25) is 0 Å². The van der Waals surface area contributed by atoms with Crippen molar-refractivity contribution in [2.24, 2.45) is 0 Å². The number of rotatable bonds is 23. The van der Waals surface area contributed by atoms with Crippen molar-refractivity contribution in [1.29, 1.82) is 0 Å². The fraction of sp³-hybridized carbons (Fsp3) is 0.524. The molecule has 1 N–H and O–H groups in total. The standard InChI is InChI=1S/C42H58N2O14S3/c1-41(2,3)35-29-32(58-38-28-31(15-17-34(35)38)43(20-11-27-60(50,51)52)22-23-57-25-24-56-5)12-9-13-39-42(4,19-10-26-59(47,48)49)36-30-33(61(53,54)55)16-18-37(36)44(39)21-8-6-7-14-40(45)46/h9,12-13,15-18,28-30H,6-8,10-11,14,19-27H2,1-5H3,(H3-,45,46,47,48,49,50,51,52,53,54,55)/p-2. The second-order valence-electron chi connectivity index (χ2n) is 16.3. The fourth-order valence-electron chi connectivity index (χ4n) is 7.57. The molecule has 2 heterocycles. The van der Waals surface area contributed by atoms with Crippen LogP contribution in [0.3, 0.4) is 0 Å². The number of hydrogen-bond donors (Lipinski definition) is 1. The number of carboxylic acids is 1. The van der Waals surface area contributed by atoms with E-state index in [0.717, 1.165) is 16.5 Å². The lowest BCUT2D eigenvalue weighted by atomic mass is 9.77. The molecule has 0 fully saturated rings. The number of benzene rings is 2. The number of ether oxygens (including phenoxy) is 2. The van der Waals surface area contributed by atoms with E-state index in [1.807, 2.05) is 33.7 Å². The summed E-state index contributed by atoms with van der Waals surface area (Å²) in [5.74, 6) is -1.09. The Labute approximate surface area is 359 Å². The summed E-state index contributed by atoms with van der Waals surface area (Å²) in [5, 5.41) is 9.86. The molecule has 1 aliphatic carbocycles. The van der Waals surface area contributed by atoms with Crippen LogP contribution in [0, 0.1) is 0 Å². The Balaban J connectivity index is 1.85. The Hall–Kier alpha value is -3.95. The van der Waals surface area contributed by atoms with Gasteiger partial charge in [-0.2, -0.15) is 0 Å². The van der Waals surface area contributed by atoms with Crippen LogP contribution >= 0.6 is 0 Å². The van der Waals surface area contributed by atoms with Crippen LogP contribution in [0.4, 0.5) is 5.69 Å². The van der Waals surface area contributed by atoms with Gasteiger partial charge in [0.25, 0.3) is 0 Å². The van der Waals surface area contributed by atoms with E-state index in [2.05, 4.69) is 20.8 Å². The Morgan fingerprint density at radius 2 is 1.59 bits per heavy atom. The summed E-state index contributed by atoms with van der Waals surface area (Å²) >= 11 is 0. The molecule has 338 valence electrons. The minimum Gasteiger partial charge on any atom is -0.748 e. The van der Waals surface area contributed by atoms with E-state index >= 15 is 0 Å². The average molecular weight is 909 g/mol. The first-order valence-corrected chi connectivity index (χ1v) is 24.6. The van der Waals surface area contributed by atoms with Crippen LogP contribution in [0.5, 0.6) is 0 Å². The maximum atomic E-state index is 12.2. The summed E-state index contributed by atoms with van der Waals surface area (Å²) in [5.41, 5.74) is 2.11. The molecule has 1 unspecified atom stereocenters. The average Bonchev–Trinajstić information content (AvgIpc) is 3.37. The molecule has 61 heavy (non-hydrogen) atoms. The molecule has 0 spiro atoms. The van der Waals surface area contributed by atoms with Gasteiger partial charge >= 0.3 is 5.97 Å². The largest absolute Gasteiger partial charge is 0.748 e. The molecule has 16 nitrogen and oxygen atoms in total. The summed E-state index contributed by atoms with van der Waals surface area (Å²) < 4.78 is 125. The van der Waals surface area contributed by atoms with Crippen molar-refractivity contribution in [3.8, 4) is 11.3 Å². The van der Waals surface area contributed by atoms with Gasteiger partial charge in [-0.05, 0) is 91.6 Å². The predicted octanol–water partition coefficient (Wildman–Crippen LogP) is 4.60. The summed E-state index contributed by atoms with van der Waals surface area (Å²) in [7, 11) is -12.3. The number of methoxy groups -OCH3 is 1. The van der Waals surface area contributed by atoms with E-state index in [-0.39, 0.29) is 37.6 Å². The van der Waals surface area contributed by atoms with Crippen LogP contribution in [-0.4, -0.2) is 108 Å². The lowest BCUT2D eigenvalue weighted by Crippen LogP contribution is -2.35. The highest BCUT2D eigenvalue weighted by Crippen LogP contribution is 2.51. The van der Waals surface area contributed by atoms with Crippen molar-refractivity contribution in [2.75, 3.05) is 63.0 Å². The monoisotopic (exact) mass is 908 g/mol. The molecule has 0 saturated carbocycles. The zero-order valence-electron chi connectivity index (χ0n) is 35.3. The quantitative estimate of drug-likeness (QED) is 0.0776. The molecule has 0 radical (unpaired) electrons. The highest BCUT2D eigenvalue weighted by molar-refractivity contribution is 7.86. The van der Waals surface area contributed by atoms with Crippen molar-refractivity contribution in [2.45, 2.75) is 88.4 Å². The molecule has 1 aromatic carbocycles. The number of nitrogens with zero attached hydrogens (tertiary/aromatic N) is 2. The molecule has 0 aromatic heterocycles. The van der Waals surface area contributed by atoms with Crippen molar-refractivity contribution >= 4 is 48.1 Å². The van der Waals surface area contributed by atoms with Crippen LogP contribution in [0.25, 0.3) is 17.4 Å². The van der Waals surface area contributed by atoms with Gasteiger partial charge in [0.2, 0.25) is 5.36 Å². The minimum atomic E-state index is -4.87. The van der Waals surface area contributed by atoms with Crippen LogP contribution in [0.15, 0.2) is 69.6 Å². The number of unbranched alkanes of at least 4 members (excludes halogenated alkanes) is 2. The van der Waals surface area contributed by atoms with Gasteiger partial charge in [0.15, 0.2) is 6.54 Å². The SMILES string of the molecule is COCCOCC[N+](CCCS(=O)(=O)[O-])=c1ccc2c(C(C)(C)C)cc(/C=C/C=C3/N(CCCCCC(=O)O)c4ccc(S(=O)(=O)[O-])cc4C3(C)CCCS(=O)(=O)[O-])oc-2c1. The van der Waals surface area contributed by atoms with Crippen molar-refractivity contribution in [3.05, 3.63) is 82.6 Å². The van der Waals surface area contributed by atoms with Gasteiger partial charge in [-0.1, -0.05) is 33.3 Å². The Morgan fingerprint density at radius 3 is 2.23 bits per heavy atom. The molecule has 19 heteroatoms. The zero-order valence-corrected chi connectivity index (χ0v) is 37.7. The zero-order chi connectivity index (χ0) is 45.2. The third kappa shape index (κ3) is 14.6. The van der Waals surface area contributed by atoms with Crippen LogP contribution < -0.4 is 14.8 Å². The van der Waals surface area contributed by atoms with Crippen molar-refractivity contribution in [3.63, 3.8) is 0 Å². The first kappa shape index (κ1) is 49.7. The van der Waals surface area contributed by atoms with Gasteiger partial charge in [0.05, 0.1) is 44.4 Å². The molecule has 4 rings (SSSR count). The normalized spacial score (nSPS) is 17.4. The molecule has 0 amide bonds. The van der Waals surface area contributed by atoms with Gasteiger partial charge in [0, 0.05) is 66.4 Å². The van der Waals surface area contributed by atoms with Crippen LogP contribution in [0.1, 0.15) is 89.5 Å². The molecule has 2 aliphatic heterocycles. The third-order valence-electron chi connectivity index (χ3n) is 10.6. The maximum Gasteiger partial charge on any atom is 0.303 e. The van der Waals surface area contributed by atoms with Crippen molar-refractivity contribution in [1.82, 2.24) is 4.58 Å². The summed E-state index contributed by atoms with van der Waals surface area (Å²) in [6.45, 7) is 10.1. The maximum absolute atomic E-state index is 12.2. The first-order valence-electron chi connectivity index (χ1n) is 20.0. The van der Waals surface area contributed by atoms with E-state index < -0.39 is 58.1 Å². The number of allylic oxidation sites excluding steroid dienone is 3. The summed E-state index contributed by atoms with van der Waals surface area (Å²) in [6, 6.07) is 11.7. The number of carbonyl (C=O) groups is 1. The molecule has 0 bridgehead atoms. The number of hydrogen-bond acceptors (Lipinski definition) is 14. The Morgan fingerprint density at radius 1 is 0.885 bits per heavy atom. The van der Waals surface area contributed by atoms with E-state index in [4.69, 9.17) is 19.0 Å². The molecule has 1 atom stereocenters. The second kappa shape index (κ2) is 20.9. The smallest absolute Gasteiger partial charge is 0.303 e. The van der Waals surface area contributed by atoms with Crippen LogP contribution in [-0.2, 0) is 55.5 Å². The predicted molar refractivity (Wildman–Crippen MR) is 227 cm³/mol. The molecule has 1 aromatic rings. The number of aliphatic carboxylic acids is 1. The van der Waals surface area contributed by atoms with Gasteiger partial charge in [-0.3, -0.25) is 4.79 Å². The highest BCUT2D eigenvalue weighted by Gasteiger charge is 2.43. The Bertz CT molecular complexity index is 2450. The highest BCUT2D eigenvalue weighted by atomic mass is 32.2. The van der Waals surface area contributed by atoms with Crippen molar-refractivity contribution < 1.29 is 62.7 Å². The Kier molecular flexibility index (Phi) is 17.1. The van der Waals surface area contributed by atoms with Gasteiger partial charge in [0.1, 0.15) is 34.8 Å². The lowest BCUT2D eigenvalue weighted by Gasteiger charge is -2.31. The molecule has 3 aliphatic rings. The number of fused-ring (bicyclic) bond motifs is 2. The third-order valence-corrected chi connectivity index (χ3v) is 13.0. The molecule has 0 saturated heterocycles. The fourth-order valence-corrected chi connectivity index (χ4v) is 9.04. The van der Waals surface area contributed by atoms with Gasteiger partial charge in [-0.25, -0.2) is 29.8 Å². The first-order chi connectivity index (χ1) is 28.4. The van der Waals surface area contributed by atoms with E-state index in [1.165, 1.54) is 18.2 Å². The van der Waals surface area contributed by atoms with Gasteiger partial charge < -0.3 is 37.6 Å². The van der Waals surface area contributed by atoms with Gasteiger partial charge in [-0.15, -0.1) is 0 Å². The molecular formula is C42H56N2O14S3-2. The summed E-state index contributed by atoms with van der Waals surface area (Å²) in [6.07, 6.45) is 7.03. The number of carboxylic acid groups (broad SMARTS) is 1. The van der Waals surface area contributed by atoms with E-state index in [9.17, 15) is 43.7 Å². The number of anilines is 1. The molecular weight excluding hydrogens is 853 g/mol. The second-order valence-corrected chi connectivity index (χ2v) is 20.7. The van der Waals surface area contributed by atoms with E-state index in [0.29, 0.717) is 80.6 Å². The van der Waals surface area contributed by atoms with E-state index in [1.54, 1.807) is 32.3 Å². The summed E-state index contributed by atoms with van der Waals surface area (Å²) in [4.78, 5) is 12.6. The topological polar surface area (TPSA) is 247 Å². The lowest BCUT2D eigenvalue weighted by molar-refractivity contribution is -0.137.